The summed E-state index contributed by atoms with van der Waals surface area (Å²) in [5, 5.41) is 2.62. The molecule has 2 aromatic rings. The molecule has 0 aliphatic rings. The number of benzene rings is 2. The van der Waals surface area contributed by atoms with Crippen molar-refractivity contribution in [3.05, 3.63) is 66.0 Å². The second-order valence-electron chi connectivity index (χ2n) is 4.53. The normalized spacial score (nSPS) is 13.6. The van der Waals surface area contributed by atoms with Crippen molar-refractivity contribution in [3.8, 4) is 0 Å². The SMILES string of the molecule is CC(N)(C(=O)Nc1cccc(F)c1)c1ccccc1. The molecular weight excluding hydrogens is 243 g/mol. The lowest BCUT2D eigenvalue weighted by molar-refractivity contribution is -0.120. The quantitative estimate of drug-likeness (QED) is 0.889. The van der Waals surface area contributed by atoms with E-state index in [2.05, 4.69) is 5.32 Å². The minimum absolute atomic E-state index is 0.385. The molecule has 0 heterocycles. The van der Waals surface area contributed by atoms with Crippen LogP contribution in [-0.4, -0.2) is 5.91 Å². The lowest BCUT2D eigenvalue weighted by atomic mass is 9.92. The Morgan fingerprint density at radius 3 is 2.47 bits per heavy atom. The summed E-state index contributed by atoms with van der Waals surface area (Å²) in [5.41, 5.74) is 5.97. The van der Waals surface area contributed by atoms with E-state index in [0.29, 0.717) is 11.3 Å². The number of carbonyl (C=O) groups excluding carboxylic acids is 1. The maximum atomic E-state index is 13.1. The maximum absolute atomic E-state index is 13.1. The Kier molecular flexibility index (Phi) is 3.62. The van der Waals surface area contributed by atoms with Crippen LogP contribution in [0.1, 0.15) is 12.5 Å². The standard InChI is InChI=1S/C15H15FN2O/c1-15(17,11-6-3-2-4-7-11)14(19)18-13-9-5-8-12(16)10-13/h2-10H,17H2,1H3,(H,18,19). The summed E-state index contributed by atoms with van der Waals surface area (Å²) in [6, 6.07) is 14.8. The summed E-state index contributed by atoms with van der Waals surface area (Å²) in [7, 11) is 0. The molecule has 0 bridgehead atoms. The van der Waals surface area contributed by atoms with Crippen LogP contribution in [0.3, 0.4) is 0 Å². The molecular formula is C15H15FN2O. The molecule has 3 N–H and O–H groups in total. The molecule has 1 amide bonds. The second kappa shape index (κ2) is 5.20. The van der Waals surface area contributed by atoms with Gasteiger partial charge in [0.2, 0.25) is 5.91 Å². The van der Waals surface area contributed by atoms with Crippen molar-refractivity contribution in [2.75, 3.05) is 5.32 Å². The predicted molar refractivity (Wildman–Crippen MR) is 73.0 cm³/mol. The molecule has 0 aliphatic heterocycles. The molecule has 19 heavy (non-hydrogen) atoms. The molecule has 4 heteroatoms. The fourth-order valence-electron chi connectivity index (χ4n) is 1.74. The Labute approximate surface area is 111 Å². The lowest BCUT2D eigenvalue weighted by Gasteiger charge is -2.24. The third-order valence-electron chi connectivity index (χ3n) is 2.93. The van der Waals surface area contributed by atoms with Gasteiger partial charge in [0.05, 0.1) is 0 Å². The van der Waals surface area contributed by atoms with Crippen molar-refractivity contribution in [1.82, 2.24) is 0 Å². The summed E-state index contributed by atoms with van der Waals surface area (Å²) >= 11 is 0. The Balaban J connectivity index is 2.20. The van der Waals surface area contributed by atoms with E-state index in [1.807, 2.05) is 18.2 Å². The first kappa shape index (κ1) is 13.2. The van der Waals surface area contributed by atoms with Crippen LogP contribution >= 0.6 is 0 Å². The summed E-state index contributed by atoms with van der Waals surface area (Å²) in [4.78, 5) is 12.2. The second-order valence-corrected chi connectivity index (χ2v) is 4.53. The van der Waals surface area contributed by atoms with E-state index in [0.717, 1.165) is 0 Å². The van der Waals surface area contributed by atoms with Gasteiger partial charge in [-0.25, -0.2) is 4.39 Å². The van der Waals surface area contributed by atoms with Crippen LogP contribution in [0, 0.1) is 5.82 Å². The minimum Gasteiger partial charge on any atom is -0.324 e. The van der Waals surface area contributed by atoms with Gasteiger partial charge in [-0.05, 0) is 30.7 Å². The average molecular weight is 258 g/mol. The Morgan fingerprint density at radius 1 is 1.16 bits per heavy atom. The van der Waals surface area contributed by atoms with Crippen LogP contribution in [0.15, 0.2) is 54.6 Å². The highest BCUT2D eigenvalue weighted by atomic mass is 19.1. The first-order valence-corrected chi connectivity index (χ1v) is 5.91. The van der Waals surface area contributed by atoms with Gasteiger partial charge >= 0.3 is 0 Å². The molecule has 98 valence electrons. The molecule has 2 rings (SSSR count). The van der Waals surface area contributed by atoms with Crippen LogP contribution in [0.5, 0.6) is 0 Å². The molecule has 0 aliphatic carbocycles. The molecule has 2 aromatic carbocycles. The fraction of sp³-hybridized carbons (Fsp3) is 0.133. The monoisotopic (exact) mass is 258 g/mol. The third kappa shape index (κ3) is 2.98. The molecule has 0 radical (unpaired) electrons. The van der Waals surface area contributed by atoms with Gasteiger partial charge in [-0.3, -0.25) is 4.79 Å². The van der Waals surface area contributed by atoms with E-state index in [1.54, 1.807) is 25.1 Å². The van der Waals surface area contributed by atoms with Gasteiger partial charge in [-0.2, -0.15) is 0 Å². The number of halogens is 1. The van der Waals surface area contributed by atoms with Gasteiger partial charge < -0.3 is 11.1 Å². The van der Waals surface area contributed by atoms with Gasteiger partial charge in [0, 0.05) is 5.69 Å². The topological polar surface area (TPSA) is 55.1 Å². The fourth-order valence-corrected chi connectivity index (χ4v) is 1.74. The third-order valence-corrected chi connectivity index (χ3v) is 2.93. The molecule has 0 saturated carbocycles. The van der Waals surface area contributed by atoms with Crippen LogP contribution in [-0.2, 0) is 10.3 Å². The smallest absolute Gasteiger partial charge is 0.248 e. The molecule has 3 nitrogen and oxygen atoms in total. The first-order valence-electron chi connectivity index (χ1n) is 5.91. The van der Waals surface area contributed by atoms with Crippen molar-refractivity contribution >= 4 is 11.6 Å². The zero-order chi connectivity index (χ0) is 13.9. The number of hydrogen-bond acceptors (Lipinski definition) is 2. The number of hydrogen-bond donors (Lipinski definition) is 2. The van der Waals surface area contributed by atoms with E-state index in [1.165, 1.54) is 18.2 Å². The number of rotatable bonds is 3. The van der Waals surface area contributed by atoms with Crippen molar-refractivity contribution in [3.63, 3.8) is 0 Å². The first-order chi connectivity index (χ1) is 9.00. The van der Waals surface area contributed by atoms with Gasteiger partial charge in [-0.1, -0.05) is 36.4 Å². The predicted octanol–water partition coefficient (Wildman–Crippen LogP) is 2.64. The average Bonchev–Trinajstić information content (AvgIpc) is 2.39. The zero-order valence-electron chi connectivity index (χ0n) is 10.6. The highest BCUT2D eigenvalue weighted by Crippen LogP contribution is 2.20. The number of nitrogens with two attached hydrogens (primary N) is 1. The summed E-state index contributed by atoms with van der Waals surface area (Å²) < 4.78 is 13.1. The number of amides is 1. The van der Waals surface area contributed by atoms with Crippen LogP contribution in [0.4, 0.5) is 10.1 Å². The van der Waals surface area contributed by atoms with Gasteiger partial charge in [0.1, 0.15) is 11.4 Å². The van der Waals surface area contributed by atoms with Crippen LogP contribution in [0.2, 0.25) is 0 Å². The highest BCUT2D eigenvalue weighted by molar-refractivity contribution is 5.98. The van der Waals surface area contributed by atoms with Crippen molar-refractivity contribution in [2.24, 2.45) is 5.73 Å². The van der Waals surface area contributed by atoms with Crippen molar-refractivity contribution < 1.29 is 9.18 Å². The Hall–Kier alpha value is -2.20. The maximum Gasteiger partial charge on any atom is 0.248 e. The van der Waals surface area contributed by atoms with Crippen molar-refractivity contribution in [2.45, 2.75) is 12.5 Å². The van der Waals surface area contributed by atoms with Gasteiger partial charge in [0.25, 0.3) is 0 Å². The van der Waals surface area contributed by atoms with E-state index in [9.17, 15) is 9.18 Å². The summed E-state index contributed by atoms with van der Waals surface area (Å²) in [6.07, 6.45) is 0. The molecule has 0 aromatic heterocycles. The number of anilines is 1. The molecule has 0 saturated heterocycles. The Bertz CT molecular complexity index is 582. The zero-order valence-corrected chi connectivity index (χ0v) is 10.6. The number of nitrogens with one attached hydrogen (secondary N) is 1. The Morgan fingerprint density at radius 2 is 1.84 bits per heavy atom. The molecule has 0 fully saturated rings. The van der Waals surface area contributed by atoms with Gasteiger partial charge in [-0.15, -0.1) is 0 Å². The molecule has 1 unspecified atom stereocenters. The van der Waals surface area contributed by atoms with E-state index >= 15 is 0 Å². The van der Waals surface area contributed by atoms with Crippen molar-refractivity contribution in [1.29, 1.82) is 0 Å². The summed E-state index contributed by atoms with van der Waals surface area (Å²) in [5.74, 6) is -0.791. The highest BCUT2D eigenvalue weighted by Gasteiger charge is 2.30. The number of carbonyl (C=O) groups is 1. The van der Waals surface area contributed by atoms with E-state index < -0.39 is 11.4 Å². The van der Waals surface area contributed by atoms with Crippen LogP contribution in [0.25, 0.3) is 0 Å². The molecule has 0 spiro atoms. The van der Waals surface area contributed by atoms with E-state index in [-0.39, 0.29) is 5.91 Å². The molecule has 1 atom stereocenters. The minimum atomic E-state index is -1.17. The van der Waals surface area contributed by atoms with Crippen LogP contribution < -0.4 is 11.1 Å². The van der Waals surface area contributed by atoms with E-state index in [4.69, 9.17) is 5.73 Å². The largest absolute Gasteiger partial charge is 0.324 e. The van der Waals surface area contributed by atoms with Gasteiger partial charge in [0.15, 0.2) is 0 Å². The summed E-state index contributed by atoms with van der Waals surface area (Å²) in [6.45, 7) is 1.62. The lowest BCUT2D eigenvalue weighted by Crippen LogP contribution is -2.45.